The van der Waals surface area contributed by atoms with E-state index in [-0.39, 0.29) is 11.3 Å². The number of amides is 1. The number of rotatable bonds is 4. The van der Waals surface area contributed by atoms with Crippen LogP contribution in [0.15, 0.2) is 39.9 Å². The van der Waals surface area contributed by atoms with Crippen molar-refractivity contribution in [2.75, 3.05) is 7.05 Å². The maximum atomic E-state index is 12.6. The molecule has 0 heterocycles. The van der Waals surface area contributed by atoms with Crippen LogP contribution in [0.3, 0.4) is 0 Å². The summed E-state index contributed by atoms with van der Waals surface area (Å²) in [6, 6.07) is 0. The Morgan fingerprint density at radius 1 is 1.35 bits per heavy atom. The number of nitrogens with two attached hydrogens (primary N) is 1. The van der Waals surface area contributed by atoms with Gasteiger partial charge in [0.05, 0.1) is 4.75 Å². The van der Waals surface area contributed by atoms with E-state index < -0.39 is 4.75 Å². The van der Waals surface area contributed by atoms with Crippen LogP contribution in [0, 0.1) is 5.41 Å². The van der Waals surface area contributed by atoms with Gasteiger partial charge in [-0.05, 0) is 37.7 Å². The van der Waals surface area contributed by atoms with Crippen LogP contribution in [0.1, 0.15) is 47.5 Å². The molecule has 0 aromatic heterocycles. The van der Waals surface area contributed by atoms with Gasteiger partial charge in [0.1, 0.15) is 5.84 Å². The minimum atomic E-state index is -0.572. The van der Waals surface area contributed by atoms with Gasteiger partial charge in [-0.3, -0.25) is 9.79 Å². The van der Waals surface area contributed by atoms with E-state index in [0.29, 0.717) is 11.5 Å². The first-order chi connectivity index (χ1) is 10.6. The molecule has 0 aromatic rings. The van der Waals surface area contributed by atoms with Gasteiger partial charge in [-0.1, -0.05) is 39.0 Å². The molecule has 0 radical (unpaired) electrons. The number of hydrogen-bond acceptors (Lipinski definition) is 4. The lowest BCUT2D eigenvalue weighted by atomic mass is 9.92. The topological polar surface area (TPSA) is 67.5 Å². The molecule has 1 rings (SSSR count). The highest BCUT2D eigenvalue weighted by Gasteiger charge is 2.30. The molecule has 5 heteroatoms. The fraction of sp³-hybridized carbons (Fsp3) is 0.556. The van der Waals surface area contributed by atoms with Gasteiger partial charge in [-0.15, -0.1) is 11.8 Å². The fourth-order valence-corrected chi connectivity index (χ4v) is 2.99. The first-order valence-corrected chi connectivity index (χ1v) is 8.68. The number of nitrogens with zero attached hydrogens (tertiary/aromatic N) is 1. The SMILES string of the molecule is CN=C(C=C(N)C(C)(C)C)NC(=O)C(C)(C)SC1=CC=CCC1. The lowest BCUT2D eigenvalue weighted by molar-refractivity contribution is -0.121. The summed E-state index contributed by atoms with van der Waals surface area (Å²) in [5.41, 5.74) is 6.59. The lowest BCUT2D eigenvalue weighted by Crippen LogP contribution is -2.43. The van der Waals surface area contributed by atoms with E-state index in [1.54, 1.807) is 24.9 Å². The Bertz CT molecular complexity index is 563. The van der Waals surface area contributed by atoms with E-state index in [1.165, 1.54) is 4.91 Å². The van der Waals surface area contributed by atoms with E-state index in [1.807, 2.05) is 40.7 Å². The standard InChI is InChI=1S/C18H29N3OS/c1-17(2,3)14(19)12-15(20-6)21-16(22)18(4,5)23-13-10-8-7-9-11-13/h7-8,10,12H,9,11,19H2,1-6H3,(H,20,21,22). The smallest absolute Gasteiger partial charge is 0.241 e. The molecule has 0 bridgehead atoms. The summed E-state index contributed by atoms with van der Waals surface area (Å²) in [5, 5.41) is 2.89. The Morgan fingerprint density at radius 3 is 2.48 bits per heavy atom. The number of aliphatic imine (C=N–C) groups is 1. The monoisotopic (exact) mass is 335 g/mol. The number of hydrogen-bond donors (Lipinski definition) is 2. The van der Waals surface area contributed by atoms with Gasteiger partial charge in [-0.2, -0.15) is 0 Å². The van der Waals surface area contributed by atoms with E-state index in [9.17, 15) is 4.79 Å². The Morgan fingerprint density at radius 2 is 2.00 bits per heavy atom. The third-order valence-electron chi connectivity index (χ3n) is 3.55. The quantitative estimate of drug-likeness (QED) is 0.607. The van der Waals surface area contributed by atoms with Crippen LogP contribution >= 0.6 is 11.8 Å². The molecule has 0 fully saturated rings. The largest absolute Gasteiger partial charge is 0.401 e. The minimum Gasteiger partial charge on any atom is -0.401 e. The molecular weight excluding hydrogens is 306 g/mol. The zero-order valence-corrected chi connectivity index (χ0v) is 15.9. The second kappa shape index (κ2) is 7.86. The van der Waals surface area contributed by atoms with Gasteiger partial charge in [0.25, 0.3) is 0 Å². The van der Waals surface area contributed by atoms with Crippen molar-refractivity contribution in [3.05, 3.63) is 34.9 Å². The Hall–Kier alpha value is -1.49. The second-order valence-corrected chi connectivity index (χ2v) is 8.87. The summed E-state index contributed by atoms with van der Waals surface area (Å²) in [5.74, 6) is 0.421. The second-order valence-electron chi connectivity index (χ2n) is 7.12. The molecule has 0 saturated carbocycles. The van der Waals surface area contributed by atoms with Crippen LogP contribution in [0.25, 0.3) is 0 Å². The molecule has 23 heavy (non-hydrogen) atoms. The predicted octanol–water partition coefficient (Wildman–Crippen LogP) is 3.77. The number of amidine groups is 1. The van der Waals surface area contributed by atoms with Crippen LogP contribution in [-0.4, -0.2) is 23.5 Å². The number of carbonyl (C=O) groups is 1. The summed E-state index contributed by atoms with van der Waals surface area (Å²) in [6.07, 6.45) is 10.0. The van der Waals surface area contributed by atoms with Crippen LogP contribution in [0.2, 0.25) is 0 Å². The fourth-order valence-electron chi connectivity index (χ4n) is 1.83. The van der Waals surface area contributed by atoms with Gasteiger partial charge >= 0.3 is 0 Å². The number of carbonyl (C=O) groups excluding carboxylic acids is 1. The predicted molar refractivity (Wildman–Crippen MR) is 101 cm³/mol. The normalized spacial score (nSPS) is 17.0. The van der Waals surface area contributed by atoms with Crippen molar-refractivity contribution >= 4 is 23.5 Å². The van der Waals surface area contributed by atoms with Crippen LogP contribution in [-0.2, 0) is 4.79 Å². The highest BCUT2D eigenvalue weighted by Crippen LogP contribution is 2.35. The minimum absolute atomic E-state index is 0.0727. The van der Waals surface area contributed by atoms with E-state index in [2.05, 4.69) is 22.5 Å². The summed E-state index contributed by atoms with van der Waals surface area (Å²) >= 11 is 1.60. The molecule has 0 unspecified atom stereocenters. The molecule has 0 spiro atoms. The van der Waals surface area contributed by atoms with Gasteiger partial charge in [0.15, 0.2) is 0 Å². The molecule has 0 aliphatic heterocycles. The molecule has 0 saturated heterocycles. The Kier molecular flexibility index (Phi) is 6.69. The van der Waals surface area contributed by atoms with Crippen molar-refractivity contribution in [2.24, 2.45) is 16.1 Å². The summed E-state index contributed by atoms with van der Waals surface area (Å²) in [6.45, 7) is 9.93. The maximum absolute atomic E-state index is 12.6. The molecule has 128 valence electrons. The van der Waals surface area contributed by atoms with Gasteiger partial charge in [0.2, 0.25) is 5.91 Å². The van der Waals surface area contributed by atoms with Crippen molar-refractivity contribution in [3.63, 3.8) is 0 Å². The van der Waals surface area contributed by atoms with Crippen LogP contribution < -0.4 is 11.1 Å². The first kappa shape index (κ1) is 19.6. The van der Waals surface area contributed by atoms with Crippen molar-refractivity contribution < 1.29 is 4.79 Å². The zero-order chi connectivity index (χ0) is 17.7. The summed E-state index contributed by atoms with van der Waals surface area (Å²) in [7, 11) is 1.65. The molecular formula is C18H29N3OS. The van der Waals surface area contributed by atoms with E-state index in [4.69, 9.17) is 5.73 Å². The maximum Gasteiger partial charge on any atom is 0.241 e. The lowest BCUT2D eigenvalue weighted by Gasteiger charge is -2.25. The van der Waals surface area contributed by atoms with Gasteiger partial charge < -0.3 is 11.1 Å². The molecule has 0 atom stereocenters. The Balaban J connectivity index is 2.79. The molecule has 3 N–H and O–H groups in total. The number of allylic oxidation sites excluding steroid dienone is 5. The first-order valence-electron chi connectivity index (χ1n) is 7.87. The highest BCUT2D eigenvalue weighted by molar-refractivity contribution is 8.05. The third kappa shape index (κ3) is 6.26. The highest BCUT2D eigenvalue weighted by atomic mass is 32.2. The van der Waals surface area contributed by atoms with Crippen LogP contribution in [0.4, 0.5) is 0 Å². The number of thioether (sulfide) groups is 1. The molecule has 1 amide bonds. The van der Waals surface area contributed by atoms with Crippen molar-refractivity contribution in [3.8, 4) is 0 Å². The molecule has 1 aliphatic carbocycles. The zero-order valence-electron chi connectivity index (χ0n) is 15.1. The average Bonchev–Trinajstić information content (AvgIpc) is 2.45. The summed E-state index contributed by atoms with van der Waals surface area (Å²) < 4.78 is -0.572. The summed E-state index contributed by atoms with van der Waals surface area (Å²) in [4.78, 5) is 18.0. The Labute approximate surface area is 144 Å². The molecule has 1 aliphatic rings. The third-order valence-corrected chi connectivity index (χ3v) is 4.85. The van der Waals surface area contributed by atoms with Crippen molar-refractivity contribution in [2.45, 2.75) is 52.2 Å². The molecule has 4 nitrogen and oxygen atoms in total. The van der Waals surface area contributed by atoms with Crippen molar-refractivity contribution in [1.82, 2.24) is 5.32 Å². The van der Waals surface area contributed by atoms with Crippen LogP contribution in [0.5, 0.6) is 0 Å². The van der Waals surface area contributed by atoms with E-state index in [0.717, 1.165) is 12.8 Å². The molecule has 0 aromatic carbocycles. The van der Waals surface area contributed by atoms with E-state index >= 15 is 0 Å². The van der Waals surface area contributed by atoms with Gasteiger partial charge in [0, 0.05) is 18.2 Å². The van der Waals surface area contributed by atoms with Gasteiger partial charge in [-0.25, -0.2) is 0 Å². The average molecular weight is 336 g/mol. The van der Waals surface area contributed by atoms with Crippen molar-refractivity contribution in [1.29, 1.82) is 0 Å². The number of nitrogens with one attached hydrogen (secondary N) is 1.